The van der Waals surface area contributed by atoms with Crippen molar-refractivity contribution in [2.24, 2.45) is 0 Å². The number of aromatic nitrogens is 2. The fraction of sp³-hybridized carbons (Fsp3) is 0.0714. The van der Waals surface area contributed by atoms with Gasteiger partial charge in [0.1, 0.15) is 11.6 Å². The van der Waals surface area contributed by atoms with E-state index in [9.17, 15) is 8.78 Å². The molecular formula is C14H10F2N2O. The summed E-state index contributed by atoms with van der Waals surface area (Å²) in [4.78, 5) is 7.20. The van der Waals surface area contributed by atoms with Crippen LogP contribution in [0.2, 0.25) is 0 Å². The number of aromatic amines is 1. The van der Waals surface area contributed by atoms with Crippen molar-refractivity contribution in [3.05, 3.63) is 48.0 Å². The van der Waals surface area contributed by atoms with Gasteiger partial charge in [-0.2, -0.15) is 0 Å². The minimum Gasteiger partial charge on any atom is -0.497 e. The van der Waals surface area contributed by atoms with Gasteiger partial charge in [0.15, 0.2) is 11.6 Å². The van der Waals surface area contributed by atoms with E-state index >= 15 is 0 Å². The van der Waals surface area contributed by atoms with Crippen molar-refractivity contribution in [3.8, 4) is 17.1 Å². The quantitative estimate of drug-likeness (QED) is 0.765. The van der Waals surface area contributed by atoms with E-state index in [0.717, 1.165) is 23.4 Å². The van der Waals surface area contributed by atoms with Gasteiger partial charge in [0, 0.05) is 17.7 Å². The summed E-state index contributed by atoms with van der Waals surface area (Å²) in [6.45, 7) is 0. The molecule has 3 rings (SSSR count). The largest absolute Gasteiger partial charge is 0.497 e. The number of fused-ring (bicyclic) bond motifs is 1. The van der Waals surface area contributed by atoms with Crippen molar-refractivity contribution >= 4 is 11.0 Å². The molecule has 3 nitrogen and oxygen atoms in total. The number of ether oxygens (including phenoxy) is 1. The summed E-state index contributed by atoms with van der Waals surface area (Å²) in [6, 6.07) is 9.42. The maximum atomic E-state index is 13.1. The Morgan fingerprint density at radius 3 is 2.42 bits per heavy atom. The number of rotatable bonds is 2. The average molecular weight is 260 g/mol. The van der Waals surface area contributed by atoms with Crippen molar-refractivity contribution in [3.63, 3.8) is 0 Å². The zero-order chi connectivity index (χ0) is 13.4. The number of methoxy groups -OCH3 is 1. The predicted octanol–water partition coefficient (Wildman–Crippen LogP) is 3.52. The van der Waals surface area contributed by atoms with Crippen LogP contribution < -0.4 is 4.74 Å². The molecule has 0 aliphatic heterocycles. The predicted molar refractivity (Wildman–Crippen MR) is 68.0 cm³/mol. The Balaban J connectivity index is 2.09. The molecule has 0 fully saturated rings. The van der Waals surface area contributed by atoms with Gasteiger partial charge in [0.05, 0.1) is 18.1 Å². The van der Waals surface area contributed by atoms with Gasteiger partial charge in [-0.05, 0) is 24.3 Å². The van der Waals surface area contributed by atoms with E-state index in [1.54, 1.807) is 19.2 Å². The Labute approximate surface area is 107 Å². The van der Waals surface area contributed by atoms with E-state index in [2.05, 4.69) is 9.97 Å². The normalized spacial score (nSPS) is 10.9. The second-order valence-electron chi connectivity index (χ2n) is 4.10. The summed E-state index contributed by atoms with van der Waals surface area (Å²) in [5, 5.41) is 0. The third kappa shape index (κ3) is 2.03. The molecule has 0 amide bonds. The van der Waals surface area contributed by atoms with Crippen LogP contribution in [0.15, 0.2) is 36.4 Å². The molecule has 0 saturated heterocycles. The van der Waals surface area contributed by atoms with Gasteiger partial charge >= 0.3 is 0 Å². The summed E-state index contributed by atoms with van der Waals surface area (Å²) in [5.74, 6) is -0.502. The molecule has 1 heterocycles. The molecule has 0 saturated carbocycles. The van der Waals surface area contributed by atoms with Gasteiger partial charge in [-0.3, -0.25) is 0 Å². The fourth-order valence-corrected chi connectivity index (χ4v) is 1.89. The number of hydrogen-bond donors (Lipinski definition) is 1. The molecule has 1 N–H and O–H groups in total. The van der Waals surface area contributed by atoms with Crippen LogP contribution in [0.5, 0.6) is 5.75 Å². The summed E-state index contributed by atoms with van der Waals surface area (Å²) in [6.07, 6.45) is 0. The lowest BCUT2D eigenvalue weighted by Crippen LogP contribution is -1.83. The first kappa shape index (κ1) is 11.6. The number of halogens is 2. The maximum Gasteiger partial charge on any atom is 0.161 e. The molecule has 0 radical (unpaired) electrons. The first-order chi connectivity index (χ1) is 9.17. The van der Waals surface area contributed by atoms with E-state index in [4.69, 9.17) is 4.74 Å². The SMILES string of the molecule is COc1ccc(-c2nc3cc(F)c(F)cc3[nH]2)cc1. The highest BCUT2D eigenvalue weighted by Gasteiger charge is 2.09. The average Bonchev–Trinajstić information content (AvgIpc) is 2.82. The molecule has 0 spiro atoms. The molecule has 0 aliphatic rings. The minimum absolute atomic E-state index is 0.393. The number of nitrogens with one attached hydrogen (secondary N) is 1. The molecule has 0 unspecified atom stereocenters. The third-order valence-corrected chi connectivity index (χ3v) is 2.89. The van der Waals surface area contributed by atoms with Crippen LogP contribution in [-0.2, 0) is 0 Å². The van der Waals surface area contributed by atoms with Gasteiger partial charge in [-0.25, -0.2) is 13.8 Å². The van der Waals surface area contributed by atoms with Crippen LogP contribution >= 0.6 is 0 Å². The maximum absolute atomic E-state index is 13.1. The van der Waals surface area contributed by atoms with Crippen molar-refractivity contribution in [1.82, 2.24) is 9.97 Å². The van der Waals surface area contributed by atoms with Crippen molar-refractivity contribution in [2.45, 2.75) is 0 Å². The number of imidazole rings is 1. The van der Waals surface area contributed by atoms with E-state index in [1.807, 2.05) is 12.1 Å². The van der Waals surface area contributed by atoms with Gasteiger partial charge in [0.2, 0.25) is 0 Å². The fourth-order valence-electron chi connectivity index (χ4n) is 1.89. The van der Waals surface area contributed by atoms with E-state index in [1.165, 1.54) is 0 Å². The third-order valence-electron chi connectivity index (χ3n) is 2.89. The standard InChI is InChI=1S/C14H10F2N2O/c1-19-9-4-2-8(3-5-9)14-17-12-6-10(15)11(16)7-13(12)18-14/h2-7H,1H3,(H,17,18). The lowest BCUT2D eigenvalue weighted by Gasteiger charge is -2.00. The molecule has 3 aromatic rings. The van der Waals surface area contributed by atoms with Gasteiger partial charge in [-0.1, -0.05) is 0 Å². The Morgan fingerprint density at radius 1 is 1.05 bits per heavy atom. The topological polar surface area (TPSA) is 37.9 Å². The van der Waals surface area contributed by atoms with Crippen LogP contribution in [-0.4, -0.2) is 17.1 Å². The van der Waals surface area contributed by atoms with Crippen LogP contribution in [0.3, 0.4) is 0 Å². The Hall–Kier alpha value is -2.43. The number of hydrogen-bond acceptors (Lipinski definition) is 2. The monoisotopic (exact) mass is 260 g/mol. The molecule has 1 aromatic heterocycles. The molecule has 5 heteroatoms. The van der Waals surface area contributed by atoms with Crippen LogP contribution in [0.25, 0.3) is 22.4 Å². The molecule has 0 bridgehead atoms. The second kappa shape index (κ2) is 4.35. The van der Waals surface area contributed by atoms with Crippen LogP contribution in [0, 0.1) is 11.6 Å². The molecule has 96 valence electrons. The number of H-pyrrole nitrogens is 1. The minimum atomic E-state index is -0.903. The Morgan fingerprint density at radius 2 is 1.74 bits per heavy atom. The lowest BCUT2D eigenvalue weighted by molar-refractivity contribution is 0.415. The van der Waals surface area contributed by atoms with E-state index in [-0.39, 0.29) is 0 Å². The summed E-state index contributed by atoms with van der Waals surface area (Å²) in [7, 11) is 1.59. The highest BCUT2D eigenvalue weighted by Crippen LogP contribution is 2.24. The molecule has 0 atom stereocenters. The zero-order valence-electron chi connectivity index (χ0n) is 10.1. The molecule has 19 heavy (non-hydrogen) atoms. The van der Waals surface area contributed by atoms with Crippen LogP contribution in [0.4, 0.5) is 8.78 Å². The van der Waals surface area contributed by atoms with Crippen LogP contribution in [0.1, 0.15) is 0 Å². The molecule has 2 aromatic carbocycles. The van der Waals surface area contributed by atoms with Crippen molar-refractivity contribution in [1.29, 1.82) is 0 Å². The molecular weight excluding hydrogens is 250 g/mol. The first-order valence-corrected chi connectivity index (χ1v) is 5.66. The van der Waals surface area contributed by atoms with E-state index in [0.29, 0.717) is 16.9 Å². The van der Waals surface area contributed by atoms with E-state index < -0.39 is 11.6 Å². The first-order valence-electron chi connectivity index (χ1n) is 5.66. The molecule has 0 aliphatic carbocycles. The Bertz CT molecular complexity index is 696. The highest BCUT2D eigenvalue weighted by atomic mass is 19.2. The summed E-state index contributed by atoms with van der Waals surface area (Å²) in [5.41, 5.74) is 1.67. The highest BCUT2D eigenvalue weighted by molar-refractivity contribution is 5.79. The van der Waals surface area contributed by atoms with Gasteiger partial charge < -0.3 is 9.72 Å². The van der Waals surface area contributed by atoms with Gasteiger partial charge in [0.25, 0.3) is 0 Å². The van der Waals surface area contributed by atoms with Crippen molar-refractivity contribution < 1.29 is 13.5 Å². The summed E-state index contributed by atoms with van der Waals surface area (Å²) >= 11 is 0. The number of nitrogens with zero attached hydrogens (tertiary/aromatic N) is 1. The van der Waals surface area contributed by atoms with Gasteiger partial charge in [-0.15, -0.1) is 0 Å². The zero-order valence-corrected chi connectivity index (χ0v) is 10.1. The smallest absolute Gasteiger partial charge is 0.161 e. The summed E-state index contributed by atoms with van der Waals surface area (Å²) < 4.78 is 31.3. The Kier molecular flexibility index (Phi) is 2.67. The number of benzene rings is 2. The second-order valence-corrected chi connectivity index (χ2v) is 4.10. The lowest BCUT2D eigenvalue weighted by atomic mass is 10.2. The van der Waals surface area contributed by atoms with Crippen molar-refractivity contribution in [2.75, 3.05) is 7.11 Å².